The third kappa shape index (κ3) is 6.45. The third-order valence-electron chi connectivity index (χ3n) is 5.36. The number of aryl methyl sites for hydroxylation is 2. The van der Waals surface area contributed by atoms with Crippen LogP contribution in [0.5, 0.6) is 11.5 Å². The highest BCUT2D eigenvalue weighted by molar-refractivity contribution is 9.10. The number of nitrogens with one attached hydrogen (secondary N) is 2. The Hall–Kier alpha value is -3.04. The lowest BCUT2D eigenvalue weighted by molar-refractivity contribution is 0.102. The van der Waals surface area contributed by atoms with E-state index in [4.69, 9.17) is 27.9 Å². The van der Waals surface area contributed by atoms with Crippen LogP contribution in [0.15, 0.2) is 88.2 Å². The van der Waals surface area contributed by atoms with Crippen LogP contribution in [0.2, 0.25) is 10.0 Å². The molecule has 1 amide bonds. The number of halogens is 3. The maximum absolute atomic E-state index is 13.1. The number of benzene rings is 4. The van der Waals surface area contributed by atoms with Crippen molar-refractivity contribution in [1.82, 2.24) is 0 Å². The Kier molecular flexibility index (Phi) is 8.14. The molecule has 0 aromatic heterocycles. The van der Waals surface area contributed by atoms with E-state index in [9.17, 15) is 13.2 Å². The lowest BCUT2D eigenvalue weighted by Gasteiger charge is -2.15. The Morgan fingerprint density at radius 1 is 0.892 bits per heavy atom. The molecule has 190 valence electrons. The zero-order valence-electron chi connectivity index (χ0n) is 19.7. The molecular formula is C27H21BrCl2N2O4S. The Balaban J connectivity index is 1.56. The molecule has 0 unspecified atom stereocenters. The second-order valence-electron chi connectivity index (χ2n) is 8.18. The number of rotatable bonds is 7. The SMILES string of the molecule is Cc1cc(NC(=O)c2cc(Cl)ccc2NS(=O)(=O)c2ccc(Oc3ccccc3Cl)cc2)cc(C)c1Br. The monoisotopic (exact) mass is 618 g/mol. The number of amides is 1. The first-order valence-corrected chi connectivity index (χ1v) is 14.0. The van der Waals surface area contributed by atoms with Crippen molar-refractivity contribution in [3.05, 3.63) is 110 Å². The van der Waals surface area contributed by atoms with Gasteiger partial charge in [-0.1, -0.05) is 51.3 Å². The fourth-order valence-corrected chi connectivity index (χ4v) is 5.21. The molecule has 0 saturated heterocycles. The van der Waals surface area contributed by atoms with E-state index in [0.29, 0.717) is 22.2 Å². The molecule has 10 heteroatoms. The fraction of sp³-hybridized carbons (Fsp3) is 0.0741. The molecule has 0 aliphatic carbocycles. The maximum Gasteiger partial charge on any atom is 0.261 e. The molecule has 0 atom stereocenters. The molecule has 0 fully saturated rings. The number of para-hydroxylation sites is 1. The van der Waals surface area contributed by atoms with Crippen LogP contribution in [-0.2, 0) is 10.0 Å². The van der Waals surface area contributed by atoms with E-state index in [1.807, 2.05) is 26.0 Å². The molecule has 6 nitrogen and oxygen atoms in total. The lowest BCUT2D eigenvalue weighted by Crippen LogP contribution is -2.19. The minimum Gasteiger partial charge on any atom is -0.456 e. The minimum absolute atomic E-state index is 0.0144. The molecule has 0 aliphatic heterocycles. The number of hydrogen-bond donors (Lipinski definition) is 2. The van der Waals surface area contributed by atoms with Gasteiger partial charge in [-0.3, -0.25) is 9.52 Å². The molecule has 4 aromatic carbocycles. The summed E-state index contributed by atoms with van der Waals surface area (Å²) < 4.78 is 35.4. The Morgan fingerprint density at radius 3 is 2.19 bits per heavy atom. The number of ether oxygens (including phenoxy) is 1. The predicted octanol–water partition coefficient (Wildman–Crippen LogP) is 8.22. The van der Waals surface area contributed by atoms with Gasteiger partial charge < -0.3 is 10.1 Å². The van der Waals surface area contributed by atoms with E-state index >= 15 is 0 Å². The van der Waals surface area contributed by atoms with Crippen LogP contribution in [0.1, 0.15) is 21.5 Å². The van der Waals surface area contributed by atoms with Crippen LogP contribution in [-0.4, -0.2) is 14.3 Å². The molecule has 0 bridgehead atoms. The smallest absolute Gasteiger partial charge is 0.261 e. The van der Waals surface area contributed by atoms with Gasteiger partial charge in [-0.2, -0.15) is 0 Å². The van der Waals surface area contributed by atoms with Gasteiger partial charge in [0.1, 0.15) is 11.5 Å². The standard InChI is InChI=1S/C27H21BrCl2N2O4S/c1-16-13-19(14-17(2)26(16)28)31-27(33)22-15-18(29)7-12-24(22)32-37(34,35)21-10-8-20(9-11-21)36-25-6-4-3-5-23(25)30/h3-15,32H,1-2H3,(H,31,33). The van der Waals surface area contributed by atoms with Crippen LogP contribution >= 0.6 is 39.1 Å². The van der Waals surface area contributed by atoms with Gasteiger partial charge in [0.15, 0.2) is 0 Å². The van der Waals surface area contributed by atoms with Crippen molar-refractivity contribution in [3.63, 3.8) is 0 Å². The predicted molar refractivity (Wildman–Crippen MR) is 152 cm³/mol. The van der Waals surface area contributed by atoms with Crippen molar-refractivity contribution < 1.29 is 17.9 Å². The second-order valence-corrected chi connectivity index (χ2v) is 11.5. The Bertz CT molecular complexity index is 1570. The van der Waals surface area contributed by atoms with Gasteiger partial charge in [0.25, 0.3) is 15.9 Å². The van der Waals surface area contributed by atoms with Crippen LogP contribution in [0.25, 0.3) is 0 Å². The average Bonchev–Trinajstić information content (AvgIpc) is 2.85. The van der Waals surface area contributed by atoms with Gasteiger partial charge in [-0.25, -0.2) is 8.42 Å². The van der Waals surface area contributed by atoms with Crippen molar-refractivity contribution in [3.8, 4) is 11.5 Å². The molecule has 2 N–H and O–H groups in total. The molecule has 37 heavy (non-hydrogen) atoms. The largest absolute Gasteiger partial charge is 0.456 e. The van der Waals surface area contributed by atoms with E-state index in [2.05, 4.69) is 26.0 Å². The highest BCUT2D eigenvalue weighted by Gasteiger charge is 2.20. The molecule has 0 heterocycles. The number of hydrogen-bond acceptors (Lipinski definition) is 4. The summed E-state index contributed by atoms with van der Waals surface area (Å²) in [5, 5.41) is 3.54. The molecule has 0 spiro atoms. The Labute approximate surface area is 233 Å². The lowest BCUT2D eigenvalue weighted by atomic mass is 10.1. The highest BCUT2D eigenvalue weighted by atomic mass is 79.9. The Morgan fingerprint density at radius 2 is 1.54 bits per heavy atom. The first-order chi connectivity index (χ1) is 17.5. The van der Waals surface area contributed by atoms with Crippen LogP contribution in [0.4, 0.5) is 11.4 Å². The van der Waals surface area contributed by atoms with Gasteiger partial charge in [-0.05, 0) is 91.7 Å². The number of carbonyl (C=O) groups is 1. The zero-order chi connectivity index (χ0) is 26.7. The van der Waals surface area contributed by atoms with Crippen LogP contribution in [0, 0.1) is 13.8 Å². The summed E-state index contributed by atoms with van der Waals surface area (Å²) >= 11 is 15.8. The summed E-state index contributed by atoms with van der Waals surface area (Å²) in [5.74, 6) is 0.356. The first kappa shape index (κ1) is 27.0. The van der Waals surface area contributed by atoms with Crippen molar-refractivity contribution in [2.45, 2.75) is 18.7 Å². The van der Waals surface area contributed by atoms with Crippen LogP contribution in [0.3, 0.4) is 0 Å². The maximum atomic E-state index is 13.1. The fourth-order valence-electron chi connectivity index (χ4n) is 3.55. The summed E-state index contributed by atoms with van der Waals surface area (Å²) in [6.45, 7) is 3.83. The summed E-state index contributed by atoms with van der Waals surface area (Å²) in [5.41, 5.74) is 2.64. The van der Waals surface area contributed by atoms with E-state index < -0.39 is 15.9 Å². The van der Waals surface area contributed by atoms with E-state index in [-0.39, 0.29) is 21.2 Å². The van der Waals surface area contributed by atoms with E-state index in [1.165, 1.54) is 42.5 Å². The quantitative estimate of drug-likeness (QED) is 0.218. The molecule has 4 aromatic rings. The number of anilines is 2. The molecule has 0 saturated carbocycles. The zero-order valence-corrected chi connectivity index (χ0v) is 23.6. The molecule has 4 rings (SSSR count). The second kappa shape index (κ2) is 11.1. The number of carbonyl (C=O) groups excluding carboxylic acids is 1. The van der Waals surface area contributed by atoms with Gasteiger partial charge >= 0.3 is 0 Å². The molecule has 0 aliphatic rings. The van der Waals surface area contributed by atoms with Crippen molar-refractivity contribution in [2.24, 2.45) is 0 Å². The molecule has 0 radical (unpaired) electrons. The van der Waals surface area contributed by atoms with Crippen molar-refractivity contribution >= 4 is 66.4 Å². The van der Waals surface area contributed by atoms with Gasteiger partial charge in [0.2, 0.25) is 0 Å². The van der Waals surface area contributed by atoms with Gasteiger partial charge in [-0.15, -0.1) is 0 Å². The summed E-state index contributed by atoms with van der Waals surface area (Å²) in [7, 11) is -4.03. The summed E-state index contributed by atoms with van der Waals surface area (Å²) in [6, 6.07) is 20.8. The van der Waals surface area contributed by atoms with Gasteiger partial charge in [0, 0.05) is 15.2 Å². The van der Waals surface area contributed by atoms with E-state index in [1.54, 1.807) is 24.3 Å². The van der Waals surface area contributed by atoms with E-state index in [0.717, 1.165) is 15.6 Å². The summed E-state index contributed by atoms with van der Waals surface area (Å²) in [6.07, 6.45) is 0. The topological polar surface area (TPSA) is 84.5 Å². The first-order valence-electron chi connectivity index (χ1n) is 11.0. The normalized spacial score (nSPS) is 11.2. The highest BCUT2D eigenvalue weighted by Crippen LogP contribution is 2.31. The third-order valence-corrected chi connectivity index (χ3v) is 8.54. The number of sulfonamides is 1. The van der Waals surface area contributed by atoms with Crippen LogP contribution < -0.4 is 14.8 Å². The van der Waals surface area contributed by atoms with Crippen molar-refractivity contribution in [2.75, 3.05) is 10.0 Å². The average molecular weight is 620 g/mol. The summed E-state index contributed by atoms with van der Waals surface area (Å²) in [4.78, 5) is 13.1. The molecular weight excluding hydrogens is 599 g/mol. The van der Waals surface area contributed by atoms with Crippen molar-refractivity contribution in [1.29, 1.82) is 0 Å². The minimum atomic E-state index is -4.03. The van der Waals surface area contributed by atoms with Gasteiger partial charge in [0.05, 0.1) is 21.2 Å².